The smallest absolute Gasteiger partial charge is 0.396 e. The maximum absolute atomic E-state index is 12.5. The van der Waals surface area contributed by atoms with Crippen molar-refractivity contribution in [3.63, 3.8) is 0 Å². The summed E-state index contributed by atoms with van der Waals surface area (Å²) in [6.45, 7) is 3.19. The quantitative estimate of drug-likeness (QED) is 0.825. The molecule has 1 aromatic rings. The second-order valence-corrected chi connectivity index (χ2v) is 4.45. The Morgan fingerprint density at radius 2 is 2.06 bits per heavy atom. The molecule has 0 saturated carbocycles. The van der Waals surface area contributed by atoms with Crippen LogP contribution in [-0.4, -0.2) is 18.3 Å². The summed E-state index contributed by atoms with van der Waals surface area (Å²) in [6, 6.07) is 5.30. The third kappa shape index (κ3) is 5.06. The van der Waals surface area contributed by atoms with Gasteiger partial charge in [-0.15, -0.1) is 0 Å². The van der Waals surface area contributed by atoms with Gasteiger partial charge in [0.1, 0.15) is 0 Å². The normalized spacial score (nSPS) is 13.6. The first-order valence-corrected chi connectivity index (χ1v) is 5.91. The highest BCUT2D eigenvalue weighted by molar-refractivity contribution is 5.25. The summed E-state index contributed by atoms with van der Waals surface area (Å²) < 4.78 is 37.4. The molecule has 0 aliphatic rings. The first-order valence-electron chi connectivity index (χ1n) is 5.91. The van der Waals surface area contributed by atoms with Crippen LogP contribution in [0.3, 0.4) is 0 Å². The van der Waals surface area contributed by atoms with Gasteiger partial charge in [-0.3, -0.25) is 0 Å². The molecular formula is C13H18F3NO. The predicted octanol–water partition coefficient (Wildman–Crippen LogP) is 2.81. The second-order valence-electron chi connectivity index (χ2n) is 4.45. The largest absolute Gasteiger partial charge is 0.416 e. The van der Waals surface area contributed by atoms with Crippen molar-refractivity contribution in [2.45, 2.75) is 26.1 Å². The van der Waals surface area contributed by atoms with Crippen LogP contribution < -0.4 is 5.32 Å². The molecule has 0 radical (unpaired) electrons. The molecule has 18 heavy (non-hydrogen) atoms. The molecule has 1 rings (SSSR count). The van der Waals surface area contributed by atoms with E-state index in [2.05, 4.69) is 5.32 Å². The summed E-state index contributed by atoms with van der Waals surface area (Å²) in [5.74, 6) is 0.306. The van der Waals surface area contributed by atoms with Crippen molar-refractivity contribution in [1.82, 2.24) is 5.32 Å². The third-order valence-corrected chi connectivity index (χ3v) is 2.70. The Morgan fingerprint density at radius 3 is 2.67 bits per heavy atom. The van der Waals surface area contributed by atoms with Gasteiger partial charge in [-0.25, -0.2) is 0 Å². The van der Waals surface area contributed by atoms with E-state index in [1.54, 1.807) is 6.07 Å². The molecule has 2 nitrogen and oxygen atoms in total. The van der Waals surface area contributed by atoms with Crippen molar-refractivity contribution < 1.29 is 18.3 Å². The summed E-state index contributed by atoms with van der Waals surface area (Å²) in [5, 5.41) is 11.8. The molecule has 0 saturated heterocycles. The zero-order chi connectivity index (χ0) is 13.6. The number of aliphatic hydroxyl groups excluding tert-OH is 1. The summed E-state index contributed by atoms with van der Waals surface area (Å²) in [4.78, 5) is 0. The van der Waals surface area contributed by atoms with E-state index in [0.29, 0.717) is 31.0 Å². The highest BCUT2D eigenvalue weighted by Gasteiger charge is 2.30. The topological polar surface area (TPSA) is 32.3 Å². The number of halogens is 3. The van der Waals surface area contributed by atoms with Crippen LogP contribution in [0.2, 0.25) is 0 Å². The van der Waals surface area contributed by atoms with E-state index in [4.69, 9.17) is 5.11 Å². The number of aliphatic hydroxyl groups is 1. The lowest BCUT2D eigenvalue weighted by molar-refractivity contribution is -0.137. The summed E-state index contributed by atoms with van der Waals surface area (Å²) in [7, 11) is 0. The van der Waals surface area contributed by atoms with Gasteiger partial charge < -0.3 is 10.4 Å². The minimum absolute atomic E-state index is 0.131. The van der Waals surface area contributed by atoms with Crippen molar-refractivity contribution in [1.29, 1.82) is 0 Å². The molecular weight excluding hydrogens is 243 g/mol. The average molecular weight is 261 g/mol. The fraction of sp³-hybridized carbons (Fsp3) is 0.538. The van der Waals surface area contributed by atoms with Crippen molar-refractivity contribution in [2.24, 2.45) is 5.92 Å². The number of rotatable bonds is 6. The van der Waals surface area contributed by atoms with Gasteiger partial charge in [-0.1, -0.05) is 25.1 Å². The molecule has 0 fully saturated rings. The van der Waals surface area contributed by atoms with Gasteiger partial charge in [0, 0.05) is 13.2 Å². The lowest BCUT2D eigenvalue weighted by Crippen LogP contribution is -2.21. The molecule has 2 N–H and O–H groups in total. The first-order chi connectivity index (χ1) is 8.43. The van der Waals surface area contributed by atoms with Crippen molar-refractivity contribution in [2.75, 3.05) is 13.2 Å². The molecule has 0 aromatic heterocycles. The molecule has 0 bridgehead atoms. The first kappa shape index (κ1) is 15.0. The van der Waals surface area contributed by atoms with Crippen molar-refractivity contribution in [3.05, 3.63) is 35.4 Å². The number of nitrogens with one attached hydrogen (secondary N) is 1. The van der Waals surface area contributed by atoms with Gasteiger partial charge in [0.2, 0.25) is 0 Å². The minimum Gasteiger partial charge on any atom is -0.396 e. The highest BCUT2D eigenvalue weighted by atomic mass is 19.4. The maximum atomic E-state index is 12.5. The van der Waals surface area contributed by atoms with E-state index in [9.17, 15) is 13.2 Å². The molecule has 102 valence electrons. The number of hydrogen-bond acceptors (Lipinski definition) is 2. The predicted molar refractivity (Wildman–Crippen MR) is 64.0 cm³/mol. The van der Waals surface area contributed by atoms with Crippen LogP contribution in [0.25, 0.3) is 0 Å². The van der Waals surface area contributed by atoms with Gasteiger partial charge >= 0.3 is 6.18 Å². The molecule has 0 heterocycles. The van der Waals surface area contributed by atoms with Crippen LogP contribution in [0.4, 0.5) is 13.2 Å². The Hall–Kier alpha value is -1.07. The zero-order valence-corrected chi connectivity index (χ0v) is 10.3. The number of benzene rings is 1. The van der Waals surface area contributed by atoms with E-state index in [1.165, 1.54) is 6.07 Å². The lowest BCUT2D eigenvalue weighted by atomic mass is 10.1. The van der Waals surface area contributed by atoms with Crippen LogP contribution in [0.15, 0.2) is 24.3 Å². The second kappa shape index (κ2) is 6.75. The molecule has 0 aliphatic heterocycles. The Morgan fingerprint density at radius 1 is 1.33 bits per heavy atom. The van der Waals surface area contributed by atoms with Gasteiger partial charge in [-0.2, -0.15) is 13.2 Å². The van der Waals surface area contributed by atoms with E-state index in [-0.39, 0.29) is 6.61 Å². The SMILES string of the molecule is CC(CCO)CNCc1cccc(C(F)(F)F)c1. The van der Waals surface area contributed by atoms with Crippen molar-refractivity contribution in [3.8, 4) is 0 Å². The monoisotopic (exact) mass is 261 g/mol. The molecule has 5 heteroatoms. The van der Waals surface area contributed by atoms with Crippen LogP contribution >= 0.6 is 0 Å². The number of hydrogen-bond donors (Lipinski definition) is 2. The average Bonchev–Trinajstić information content (AvgIpc) is 2.29. The van der Waals surface area contributed by atoms with Crippen LogP contribution in [0.1, 0.15) is 24.5 Å². The van der Waals surface area contributed by atoms with E-state index in [0.717, 1.165) is 12.1 Å². The molecule has 1 unspecified atom stereocenters. The maximum Gasteiger partial charge on any atom is 0.416 e. The van der Waals surface area contributed by atoms with E-state index >= 15 is 0 Å². The standard InChI is InChI=1S/C13H18F3NO/c1-10(5-6-18)8-17-9-11-3-2-4-12(7-11)13(14,15)16/h2-4,7,10,17-18H,5-6,8-9H2,1H3. The fourth-order valence-electron chi connectivity index (χ4n) is 1.64. The fourth-order valence-corrected chi connectivity index (χ4v) is 1.64. The Kier molecular flexibility index (Phi) is 5.62. The summed E-state index contributed by atoms with van der Waals surface area (Å²) in [6.07, 6.45) is -3.60. The van der Waals surface area contributed by atoms with Crippen LogP contribution in [-0.2, 0) is 12.7 Å². The zero-order valence-electron chi connectivity index (χ0n) is 10.3. The molecule has 1 atom stereocenters. The van der Waals surface area contributed by atoms with Crippen LogP contribution in [0, 0.1) is 5.92 Å². The third-order valence-electron chi connectivity index (χ3n) is 2.70. The lowest BCUT2D eigenvalue weighted by Gasteiger charge is -2.12. The van der Waals surface area contributed by atoms with Gasteiger partial charge in [-0.05, 0) is 30.5 Å². The molecule has 1 aromatic carbocycles. The van der Waals surface area contributed by atoms with Gasteiger partial charge in [0.25, 0.3) is 0 Å². The Bertz CT molecular complexity index is 365. The minimum atomic E-state index is -4.29. The molecule has 0 spiro atoms. The van der Waals surface area contributed by atoms with E-state index in [1.807, 2.05) is 6.92 Å². The Labute approximate surface area is 105 Å². The summed E-state index contributed by atoms with van der Waals surface area (Å²) >= 11 is 0. The molecule has 0 amide bonds. The highest BCUT2D eigenvalue weighted by Crippen LogP contribution is 2.29. The van der Waals surface area contributed by atoms with Crippen LogP contribution in [0.5, 0.6) is 0 Å². The van der Waals surface area contributed by atoms with Crippen molar-refractivity contribution >= 4 is 0 Å². The number of alkyl halides is 3. The Balaban J connectivity index is 2.48. The van der Waals surface area contributed by atoms with E-state index < -0.39 is 11.7 Å². The van der Waals surface area contributed by atoms with Gasteiger partial charge in [0.15, 0.2) is 0 Å². The van der Waals surface area contributed by atoms with Gasteiger partial charge in [0.05, 0.1) is 5.56 Å². The molecule has 0 aliphatic carbocycles. The summed E-state index contributed by atoms with van der Waals surface area (Å²) in [5.41, 5.74) is -0.00812.